The summed E-state index contributed by atoms with van der Waals surface area (Å²) in [5.74, 6) is 0.994. The molecule has 2 heterocycles. The van der Waals surface area contributed by atoms with E-state index in [1.165, 1.54) is 18.4 Å². The highest BCUT2D eigenvalue weighted by atomic mass is 16.5. The minimum absolute atomic E-state index is 0.302. The van der Waals surface area contributed by atoms with E-state index in [0.29, 0.717) is 11.5 Å². The van der Waals surface area contributed by atoms with Crippen LogP contribution < -0.4 is 4.74 Å². The Kier molecular flexibility index (Phi) is 5.57. The molecule has 1 spiro atoms. The molecule has 128 valence electrons. The van der Waals surface area contributed by atoms with E-state index >= 15 is 0 Å². The predicted molar refractivity (Wildman–Crippen MR) is 90.8 cm³/mol. The van der Waals surface area contributed by atoms with Gasteiger partial charge in [-0.15, -0.1) is 0 Å². The highest BCUT2D eigenvalue weighted by Crippen LogP contribution is 2.42. The molecule has 4 nitrogen and oxygen atoms in total. The monoisotopic (exact) mass is 319 g/mol. The topological polar surface area (TPSA) is 30.9 Å². The molecule has 0 saturated carbocycles. The van der Waals surface area contributed by atoms with Crippen LogP contribution in [0.1, 0.15) is 31.7 Å². The summed E-state index contributed by atoms with van der Waals surface area (Å²) < 4.78 is 17.0. The number of ether oxygens (including phenoxy) is 3. The molecule has 1 atom stereocenters. The zero-order chi connectivity index (χ0) is 16.1. The van der Waals surface area contributed by atoms with Crippen molar-refractivity contribution in [1.29, 1.82) is 0 Å². The smallest absolute Gasteiger partial charge is 0.123 e. The number of nitrogens with zero attached hydrogens (tertiary/aromatic N) is 1. The highest BCUT2D eigenvalue weighted by molar-refractivity contribution is 5.33. The van der Waals surface area contributed by atoms with Gasteiger partial charge in [-0.1, -0.05) is 18.2 Å². The number of rotatable bonds is 6. The maximum atomic E-state index is 5.97. The normalized spacial score (nSPS) is 24.2. The molecule has 2 fully saturated rings. The second-order valence-electron chi connectivity index (χ2n) is 6.88. The summed E-state index contributed by atoms with van der Waals surface area (Å²) in [6.45, 7) is 7.74. The number of hydrogen-bond acceptors (Lipinski definition) is 4. The van der Waals surface area contributed by atoms with Crippen LogP contribution in [0.4, 0.5) is 0 Å². The van der Waals surface area contributed by atoms with Crippen molar-refractivity contribution >= 4 is 0 Å². The van der Waals surface area contributed by atoms with Gasteiger partial charge in [-0.2, -0.15) is 0 Å². The molecule has 0 aromatic heterocycles. The van der Waals surface area contributed by atoms with Gasteiger partial charge in [0.2, 0.25) is 0 Å². The summed E-state index contributed by atoms with van der Waals surface area (Å²) in [5.41, 5.74) is 1.67. The van der Waals surface area contributed by atoms with E-state index in [2.05, 4.69) is 17.0 Å². The first-order chi connectivity index (χ1) is 11.2. The average molecular weight is 319 g/mol. The van der Waals surface area contributed by atoms with E-state index in [1.807, 2.05) is 19.1 Å². The first kappa shape index (κ1) is 16.7. The molecule has 1 aromatic rings. The zero-order valence-electron chi connectivity index (χ0n) is 14.4. The maximum absolute atomic E-state index is 5.97. The molecule has 0 N–H and O–H groups in total. The van der Waals surface area contributed by atoms with Gasteiger partial charge in [0.15, 0.2) is 0 Å². The third-order valence-electron chi connectivity index (χ3n) is 5.30. The number of hydrogen-bond donors (Lipinski definition) is 0. The van der Waals surface area contributed by atoms with Gasteiger partial charge in [-0.25, -0.2) is 0 Å². The van der Waals surface area contributed by atoms with Gasteiger partial charge < -0.3 is 14.2 Å². The molecule has 2 aliphatic rings. The minimum atomic E-state index is 0.302. The number of methoxy groups -OCH3 is 1. The van der Waals surface area contributed by atoms with Gasteiger partial charge in [0, 0.05) is 18.7 Å². The first-order valence-corrected chi connectivity index (χ1v) is 8.78. The van der Waals surface area contributed by atoms with Crippen molar-refractivity contribution in [3.05, 3.63) is 29.8 Å². The van der Waals surface area contributed by atoms with E-state index in [0.717, 1.165) is 51.6 Å². The third-order valence-corrected chi connectivity index (χ3v) is 5.30. The molecular weight excluding hydrogens is 290 g/mol. The van der Waals surface area contributed by atoms with Crippen molar-refractivity contribution in [3.63, 3.8) is 0 Å². The van der Waals surface area contributed by atoms with Crippen molar-refractivity contribution in [1.82, 2.24) is 4.90 Å². The Morgan fingerprint density at radius 2 is 2.04 bits per heavy atom. The van der Waals surface area contributed by atoms with E-state index in [4.69, 9.17) is 14.2 Å². The predicted octanol–water partition coefficient (Wildman–Crippen LogP) is 3.10. The number of likely N-dealkylation sites (tertiary alicyclic amines) is 1. The number of piperidine rings is 1. The van der Waals surface area contributed by atoms with Crippen LogP contribution in [0.15, 0.2) is 24.3 Å². The summed E-state index contributed by atoms with van der Waals surface area (Å²) >= 11 is 0. The van der Waals surface area contributed by atoms with Crippen molar-refractivity contribution in [2.45, 2.75) is 38.8 Å². The molecular formula is C19H29NO3. The van der Waals surface area contributed by atoms with Crippen molar-refractivity contribution in [2.75, 3.05) is 40.0 Å². The maximum Gasteiger partial charge on any atom is 0.123 e. The summed E-state index contributed by atoms with van der Waals surface area (Å²) in [6.07, 6.45) is 3.92. The summed E-state index contributed by atoms with van der Waals surface area (Å²) in [7, 11) is 1.75. The molecule has 0 radical (unpaired) electrons. The second kappa shape index (κ2) is 7.65. The van der Waals surface area contributed by atoms with Gasteiger partial charge in [0.25, 0.3) is 0 Å². The Balaban J connectivity index is 1.51. The lowest BCUT2D eigenvalue weighted by molar-refractivity contribution is 0.0157. The van der Waals surface area contributed by atoms with Crippen LogP contribution in [-0.2, 0) is 16.0 Å². The molecule has 2 aliphatic heterocycles. The quantitative estimate of drug-likeness (QED) is 0.806. The summed E-state index contributed by atoms with van der Waals surface area (Å²) in [5, 5.41) is 0. The molecule has 1 aromatic carbocycles. The van der Waals surface area contributed by atoms with E-state index in [-0.39, 0.29) is 0 Å². The fraction of sp³-hybridized carbons (Fsp3) is 0.684. The van der Waals surface area contributed by atoms with Crippen LogP contribution >= 0.6 is 0 Å². The van der Waals surface area contributed by atoms with Gasteiger partial charge >= 0.3 is 0 Å². The Labute approximate surface area is 139 Å². The molecule has 0 amide bonds. The molecule has 3 rings (SSSR count). The Hall–Kier alpha value is -1.10. The first-order valence-electron chi connectivity index (χ1n) is 8.78. The lowest BCUT2D eigenvalue weighted by Crippen LogP contribution is -2.40. The molecule has 23 heavy (non-hydrogen) atoms. The zero-order valence-corrected chi connectivity index (χ0v) is 14.4. The van der Waals surface area contributed by atoms with E-state index < -0.39 is 0 Å². The van der Waals surface area contributed by atoms with Crippen molar-refractivity contribution < 1.29 is 14.2 Å². The SMILES string of the molecule is CCOC[C@@H]1CC2(CCN(Cc3ccccc3OC)CC2)CO1. The minimum Gasteiger partial charge on any atom is -0.496 e. The fourth-order valence-corrected chi connectivity index (χ4v) is 3.86. The van der Waals surface area contributed by atoms with E-state index in [9.17, 15) is 0 Å². The number of benzene rings is 1. The summed E-state index contributed by atoms with van der Waals surface area (Å²) in [4.78, 5) is 2.54. The fourth-order valence-electron chi connectivity index (χ4n) is 3.86. The van der Waals surface area contributed by atoms with Crippen molar-refractivity contribution in [2.24, 2.45) is 5.41 Å². The highest BCUT2D eigenvalue weighted by Gasteiger charge is 2.42. The van der Waals surface area contributed by atoms with E-state index in [1.54, 1.807) is 7.11 Å². The van der Waals surface area contributed by atoms with Gasteiger partial charge in [-0.3, -0.25) is 4.90 Å². The molecule has 2 saturated heterocycles. The molecule has 0 aliphatic carbocycles. The largest absolute Gasteiger partial charge is 0.496 e. The summed E-state index contributed by atoms with van der Waals surface area (Å²) in [6, 6.07) is 8.33. The Morgan fingerprint density at radius 1 is 1.26 bits per heavy atom. The van der Waals surface area contributed by atoms with Crippen LogP contribution in [0.2, 0.25) is 0 Å². The van der Waals surface area contributed by atoms with Crippen LogP contribution in [0.25, 0.3) is 0 Å². The lowest BCUT2D eigenvalue weighted by atomic mass is 9.76. The number of para-hydroxylation sites is 1. The van der Waals surface area contributed by atoms with Gasteiger partial charge in [0.05, 0.1) is 26.4 Å². The second-order valence-corrected chi connectivity index (χ2v) is 6.88. The van der Waals surface area contributed by atoms with Crippen LogP contribution in [0.3, 0.4) is 0 Å². The third kappa shape index (κ3) is 4.06. The standard InChI is InChI=1S/C19H29NO3/c1-3-22-14-17-12-19(15-23-17)8-10-20(11-9-19)13-16-6-4-5-7-18(16)21-2/h4-7,17H,3,8-15H2,1-2H3/t17-/m0/s1. The van der Waals surface area contributed by atoms with Crippen LogP contribution in [0, 0.1) is 5.41 Å². The Morgan fingerprint density at radius 3 is 2.78 bits per heavy atom. The van der Waals surface area contributed by atoms with Crippen LogP contribution in [-0.4, -0.2) is 51.0 Å². The molecule has 4 heteroatoms. The lowest BCUT2D eigenvalue weighted by Gasteiger charge is -2.38. The van der Waals surface area contributed by atoms with Crippen molar-refractivity contribution in [3.8, 4) is 5.75 Å². The van der Waals surface area contributed by atoms with Gasteiger partial charge in [0.1, 0.15) is 5.75 Å². The van der Waals surface area contributed by atoms with Gasteiger partial charge in [-0.05, 0) is 50.8 Å². The van der Waals surface area contributed by atoms with Crippen LogP contribution in [0.5, 0.6) is 5.75 Å². The Bertz CT molecular complexity index is 497. The molecule has 0 unspecified atom stereocenters. The average Bonchev–Trinajstić information content (AvgIpc) is 2.99. The molecule has 0 bridgehead atoms.